The zero-order valence-corrected chi connectivity index (χ0v) is 12.0. The van der Waals surface area contributed by atoms with Crippen LogP contribution in [0.4, 0.5) is 5.13 Å². The Labute approximate surface area is 120 Å². The van der Waals surface area contributed by atoms with Crippen LogP contribution in [0.5, 0.6) is 0 Å². The van der Waals surface area contributed by atoms with Crippen molar-refractivity contribution in [3.05, 3.63) is 41.4 Å². The van der Waals surface area contributed by atoms with Gasteiger partial charge < -0.3 is 5.32 Å². The summed E-state index contributed by atoms with van der Waals surface area (Å²) in [6, 6.07) is 9.91. The molecule has 0 amide bonds. The average molecular weight is 283 g/mol. The van der Waals surface area contributed by atoms with E-state index < -0.39 is 0 Å². The molecule has 0 bridgehead atoms. The van der Waals surface area contributed by atoms with E-state index >= 15 is 0 Å². The molecule has 1 N–H and O–H groups in total. The van der Waals surface area contributed by atoms with Crippen LogP contribution < -0.4 is 5.32 Å². The molecule has 5 heteroatoms. The molecule has 0 aliphatic rings. The van der Waals surface area contributed by atoms with Crippen molar-refractivity contribution in [3.8, 4) is 11.3 Å². The molecule has 20 heavy (non-hydrogen) atoms. The molecule has 0 unspecified atom stereocenters. The van der Waals surface area contributed by atoms with Crippen molar-refractivity contribution in [1.29, 1.82) is 0 Å². The van der Waals surface area contributed by atoms with Crippen LogP contribution in [0.3, 0.4) is 0 Å². The van der Waals surface area contributed by atoms with Crippen LogP contribution in [0.1, 0.15) is 16.6 Å². The quantitative estimate of drug-likeness (QED) is 0.746. The zero-order valence-electron chi connectivity index (χ0n) is 11.2. The molecule has 1 aromatic carbocycles. The molecule has 0 saturated heterocycles. The Morgan fingerprint density at radius 1 is 1.30 bits per heavy atom. The Morgan fingerprint density at radius 3 is 2.85 bits per heavy atom. The monoisotopic (exact) mass is 283 g/mol. The van der Waals surface area contributed by atoms with E-state index in [1.165, 1.54) is 11.3 Å². The van der Waals surface area contributed by atoms with Gasteiger partial charge in [0, 0.05) is 31.1 Å². The van der Waals surface area contributed by atoms with Crippen LogP contribution in [0, 0.1) is 0 Å². The third-order valence-corrected chi connectivity index (χ3v) is 4.20. The summed E-state index contributed by atoms with van der Waals surface area (Å²) in [5.74, 6) is 0.0205. The van der Waals surface area contributed by atoms with Crippen LogP contribution in [-0.2, 0) is 0 Å². The van der Waals surface area contributed by atoms with Gasteiger partial charge in [0.05, 0.1) is 16.1 Å². The maximum absolute atomic E-state index is 11.8. The Bertz CT molecular complexity index is 795. The lowest BCUT2D eigenvalue weighted by Gasteiger charge is -2.02. The fourth-order valence-electron chi connectivity index (χ4n) is 2.06. The molecule has 2 heterocycles. The Kier molecular flexibility index (Phi) is 3.20. The van der Waals surface area contributed by atoms with Crippen LogP contribution in [0.2, 0.25) is 0 Å². The van der Waals surface area contributed by atoms with Crippen LogP contribution in [0.25, 0.3) is 22.2 Å². The molecular formula is C15H13N3OS. The number of nitrogens with zero attached hydrogens (tertiary/aromatic N) is 2. The molecule has 0 fully saturated rings. The standard InChI is InChI=1S/C15H13N3OS/c1-9(19)14-13(18-15(16-2)20-14)11-7-10-5-3-4-6-12(10)17-8-11/h3-8H,1-2H3,(H,16,18). The van der Waals surface area contributed by atoms with E-state index in [1.54, 1.807) is 20.2 Å². The van der Waals surface area contributed by atoms with Crippen LogP contribution in [0.15, 0.2) is 36.5 Å². The number of rotatable bonds is 3. The lowest BCUT2D eigenvalue weighted by molar-refractivity contribution is 0.102. The third-order valence-electron chi connectivity index (χ3n) is 3.02. The van der Waals surface area contributed by atoms with Gasteiger partial charge in [-0.15, -0.1) is 0 Å². The van der Waals surface area contributed by atoms with E-state index in [0.717, 1.165) is 21.6 Å². The summed E-state index contributed by atoms with van der Waals surface area (Å²) in [6.45, 7) is 1.56. The van der Waals surface area contributed by atoms with E-state index in [4.69, 9.17) is 0 Å². The van der Waals surface area contributed by atoms with E-state index in [1.807, 2.05) is 30.3 Å². The van der Waals surface area contributed by atoms with Gasteiger partial charge in [-0.25, -0.2) is 4.98 Å². The van der Waals surface area contributed by atoms with Gasteiger partial charge in [0.25, 0.3) is 0 Å². The van der Waals surface area contributed by atoms with Gasteiger partial charge in [-0.2, -0.15) is 0 Å². The minimum atomic E-state index is 0.0205. The summed E-state index contributed by atoms with van der Waals surface area (Å²) in [5.41, 5.74) is 2.50. The molecule has 3 rings (SSSR count). The number of pyridine rings is 1. The second kappa shape index (κ2) is 5.02. The van der Waals surface area contributed by atoms with Crippen molar-refractivity contribution in [2.24, 2.45) is 0 Å². The predicted molar refractivity (Wildman–Crippen MR) is 82.4 cm³/mol. The minimum absolute atomic E-state index is 0.0205. The van der Waals surface area contributed by atoms with Gasteiger partial charge in [-0.1, -0.05) is 29.5 Å². The number of para-hydroxylation sites is 1. The van der Waals surface area contributed by atoms with Gasteiger partial charge >= 0.3 is 0 Å². The Morgan fingerprint density at radius 2 is 2.10 bits per heavy atom. The molecular weight excluding hydrogens is 270 g/mol. The molecule has 0 spiro atoms. The lowest BCUT2D eigenvalue weighted by atomic mass is 10.1. The first-order valence-corrected chi connectivity index (χ1v) is 7.05. The number of ketones is 1. The van der Waals surface area contributed by atoms with E-state index in [2.05, 4.69) is 15.3 Å². The van der Waals surface area contributed by atoms with Crippen LogP contribution in [-0.4, -0.2) is 22.8 Å². The van der Waals surface area contributed by atoms with Crippen molar-refractivity contribution in [2.75, 3.05) is 12.4 Å². The van der Waals surface area contributed by atoms with E-state index in [9.17, 15) is 4.79 Å². The number of anilines is 1. The highest BCUT2D eigenvalue weighted by Gasteiger charge is 2.16. The normalized spacial score (nSPS) is 10.7. The summed E-state index contributed by atoms with van der Waals surface area (Å²) in [5, 5.41) is 4.76. The Hall–Kier alpha value is -2.27. The highest BCUT2D eigenvalue weighted by atomic mass is 32.1. The third kappa shape index (κ3) is 2.16. The molecule has 0 atom stereocenters. The van der Waals surface area contributed by atoms with E-state index in [0.29, 0.717) is 10.6 Å². The molecule has 2 aromatic heterocycles. The second-order valence-corrected chi connectivity index (χ2v) is 5.42. The number of thiazole rings is 1. The molecule has 4 nitrogen and oxygen atoms in total. The fourth-order valence-corrected chi connectivity index (χ4v) is 2.90. The smallest absolute Gasteiger partial charge is 0.183 e. The molecule has 0 aliphatic heterocycles. The van der Waals surface area contributed by atoms with Gasteiger partial charge in [0.2, 0.25) is 0 Å². The summed E-state index contributed by atoms with van der Waals surface area (Å²) in [7, 11) is 1.80. The summed E-state index contributed by atoms with van der Waals surface area (Å²) < 4.78 is 0. The topological polar surface area (TPSA) is 54.9 Å². The van der Waals surface area contributed by atoms with Crippen molar-refractivity contribution in [3.63, 3.8) is 0 Å². The predicted octanol–water partition coefficient (Wildman–Crippen LogP) is 3.60. The summed E-state index contributed by atoms with van der Waals surface area (Å²) in [6.07, 6.45) is 1.77. The molecule has 0 radical (unpaired) electrons. The summed E-state index contributed by atoms with van der Waals surface area (Å²) in [4.78, 5) is 21.3. The van der Waals surface area contributed by atoms with Crippen molar-refractivity contribution < 1.29 is 4.79 Å². The number of Topliss-reactive ketones (excluding diaryl/α,β-unsaturated/α-hetero) is 1. The first kappa shape index (κ1) is 12.7. The lowest BCUT2D eigenvalue weighted by Crippen LogP contribution is -1.92. The number of carbonyl (C=O) groups is 1. The fraction of sp³-hybridized carbons (Fsp3) is 0.133. The Balaban J connectivity index is 2.19. The van der Waals surface area contributed by atoms with Crippen LogP contribution >= 0.6 is 11.3 Å². The molecule has 100 valence electrons. The first-order valence-electron chi connectivity index (χ1n) is 6.23. The number of hydrogen-bond acceptors (Lipinski definition) is 5. The number of hydrogen-bond donors (Lipinski definition) is 1. The molecule has 0 saturated carbocycles. The van der Waals surface area contributed by atoms with Crippen molar-refractivity contribution >= 4 is 33.2 Å². The SMILES string of the molecule is CNc1nc(-c2cnc3ccccc3c2)c(C(C)=O)s1. The maximum Gasteiger partial charge on any atom is 0.183 e. The second-order valence-electron chi connectivity index (χ2n) is 4.42. The van der Waals surface area contributed by atoms with Gasteiger partial charge in [-0.05, 0) is 12.1 Å². The highest BCUT2D eigenvalue weighted by Crippen LogP contribution is 2.32. The average Bonchev–Trinajstić information content (AvgIpc) is 2.91. The molecule has 3 aromatic rings. The first-order chi connectivity index (χ1) is 9.69. The minimum Gasteiger partial charge on any atom is -0.365 e. The molecule has 0 aliphatic carbocycles. The number of benzene rings is 1. The zero-order chi connectivity index (χ0) is 14.1. The maximum atomic E-state index is 11.8. The number of nitrogens with one attached hydrogen (secondary N) is 1. The largest absolute Gasteiger partial charge is 0.365 e. The highest BCUT2D eigenvalue weighted by molar-refractivity contribution is 7.18. The van der Waals surface area contributed by atoms with E-state index in [-0.39, 0.29) is 5.78 Å². The van der Waals surface area contributed by atoms with Gasteiger partial charge in [-0.3, -0.25) is 9.78 Å². The number of fused-ring (bicyclic) bond motifs is 1. The number of aromatic nitrogens is 2. The summed E-state index contributed by atoms with van der Waals surface area (Å²) >= 11 is 1.37. The van der Waals surface area contributed by atoms with Gasteiger partial charge in [0.15, 0.2) is 10.9 Å². The van der Waals surface area contributed by atoms with Crippen molar-refractivity contribution in [2.45, 2.75) is 6.92 Å². The number of carbonyl (C=O) groups excluding carboxylic acids is 1. The van der Waals surface area contributed by atoms with Crippen molar-refractivity contribution in [1.82, 2.24) is 9.97 Å². The van der Waals surface area contributed by atoms with Gasteiger partial charge in [0.1, 0.15) is 0 Å².